The van der Waals surface area contributed by atoms with Gasteiger partial charge in [0.15, 0.2) is 0 Å². The average Bonchev–Trinajstić information content (AvgIpc) is 3.30. The SMILES string of the molecule is CC(CCc1ccccc1)NC(=O)c1cc(-c2ccc(F)cc2)nn1-c1cccc([N+](=O)[O-])c1. The number of hydrogen-bond acceptors (Lipinski definition) is 4. The zero-order valence-electron chi connectivity index (χ0n) is 18.5. The van der Waals surface area contributed by atoms with Crippen LogP contribution in [0.15, 0.2) is 84.9 Å². The highest BCUT2D eigenvalue weighted by atomic mass is 19.1. The summed E-state index contributed by atoms with van der Waals surface area (Å²) >= 11 is 0. The summed E-state index contributed by atoms with van der Waals surface area (Å²) < 4.78 is 14.8. The van der Waals surface area contributed by atoms with E-state index >= 15 is 0 Å². The van der Waals surface area contributed by atoms with Crippen molar-refractivity contribution in [3.05, 3.63) is 112 Å². The van der Waals surface area contributed by atoms with Crippen LogP contribution in [0.2, 0.25) is 0 Å². The van der Waals surface area contributed by atoms with Crippen LogP contribution in [-0.4, -0.2) is 26.7 Å². The van der Waals surface area contributed by atoms with Crippen LogP contribution in [0.3, 0.4) is 0 Å². The Morgan fingerprint density at radius 3 is 2.50 bits per heavy atom. The van der Waals surface area contributed by atoms with E-state index in [1.165, 1.54) is 40.6 Å². The molecule has 0 bridgehead atoms. The van der Waals surface area contributed by atoms with Crippen LogP contribution in [-0.2, 0) is 6.42 Å². The number of nitro benzene ring substituents is 1. The fourth-order valence-corrected chi connectivity index (χ4v) is 3.64. The number of nitrogens with one attached hydrogen (secondary N) is 1. The molecule has 8 heteroatoms. The fourth-order valence-electron chi connectivity index (χ4n) is 3.64. The third-order valence-corrected chi connectivity index (χ3v) is 5.45. The fraction of sp³-hybridized carbons (Fsp3) is 0.154. The molecule has 172 valence electrons. The number of aryl methyl sites for hydroxylation is 1. The van der Waals surface area contributed by atoms with E-state index in [2.05, 4.69) is 10.4 Å². The molecule has 1 aromatic heterocycles. The Kier molecular flexibility index (Phi) is 6.77. The summed E-state index contributed by atoms with van der Waals surface area (Å²) in [6.07, 6.45) is 1.55. The van der Waals surface area contributed by atoms with Crippen molar-refractivity contribution in [3.8, 4) is 16.9 Å². The Morgan fingerprint density at radius 2 is 1.79 bits per heavy atom. The van der Waals surface area contributed by atoms with E-state index in [0.29, 0.717) is 16.9 Å². The second-order valence-electron chi connectivity index (χ2n) is 8.01. The number of carbonyl (C=O) groups excluding carboxylic acids is 1. The molecule has 0 aliphatic heterocycles. The van der Waals surface area contributed by atoms with E-state index in [1.807, 2.05) is 37.3 Å². The van der Waals surface area contributed by atoms with Crippen LogP contribution in [0.4, 0.5) is 10.1 Å². The monoisotopic (exact) mass is 458 g/mol. The van der Waals surface area contributed by atoms with Crippen LogP contribution in [0.25, 0.3) is 16.9 Å². The Hall–Kier alpha value is -4.33. The van der Waals surface area contributed by atoms with Gasteiger partial charge < -0.3 is 5.32 Å². The molecule has 1 amide bonds. The van der Waals surface area contributed by atoms with Gasteiger partial charge in [-0.1, -0.05) is 36.4 Å². The number of hydrogen-bond donors (Lipinski definition) is 1. The van der Waals surface area contributed by atoms with Crippen LogP contribution in [0.5, 0.6) is 0 Å². The summed E-state index contributed by atoms with van der Waals surface area (Å²) in [6.45, 7) is 1.93. The summed E-state index contributed by atoms with van der Waals surface area (Å²) in [7, 11) is 0. The number of halogens is 1. The molecule has 0 saturated heterocycles. The highest BCUT2D eigenvalue weighted by Crippen LogP contribution is 2.24. The molecule has 3 aromatic carbocycles. The van der Waals surface area contributed by atoms with Gasteiger partial charge in [0.05, 0.1) is 16.3 Å². The molecule has 34 heavy (non-hydrogen) atoms. The van der Waals surface area contributed by atoms with E-state index in [1.54, 1.807) is 24.3 Å². The largest absolute Gasteiger partial charge is 0.348 e. The second-order valence-corrected chi connectivity index (χ2v) is 8.01. The van der Waals surface area contributed by atoms with Crippen LogP contribution >= 0.6 is 0 Å². The lowest BCUT2D eigenvalue weighted by Crippen LogP contribution is -2.34. The van der Waals surface area contributed by atoms with Crippen molar-refractivity contribution in [1.29, 1.82) is 0 Å². The van der Waals surface area contributed by atoms with Gasteiger partial charge in [-0.25, -0.2) is 9.07 Å². The van der Waals surface area contributed by atoms with Gasteiger partial charge in [0, 0.05) is 23.7 Å². The molecule has 4 aromatic rings. The molecular weight excluding hydrogens is 435 g/mol. The van der Waals surface area contributed by atoms with Gasteiger partial charge in [0.2, 0.25) is 0 Å². The van der Waals surface area contributed by atoms with Crippen LogP contribution in [0.1, 0.15) is 29.4 Å². The number of rotatable bonds is 8. The van der Waals surface area contributed by atoms with Gasteiger partial charge in [0.1, 0.15) is 11.5 Å². The number of nitrogens with zero attached hydrogens (tertiary/aromatic N) is 3. The van der Waals surface area contributed by atoms with Crippen LogP contribution in [0, 0.1) is 15.9 Å². The molecular formula is C26H23FN4O3. The Labute approximate surface area is 196 Å². The van der Waals surface area contributed by atoms with Crippen molar-refractivity contribution < 1.29 is 14.1 Å². The van der Waals surface area contributed by atoms with E-state index in [-0.39, 0.29) is 29.1 Å². The molecule has 1 heterocycles. The minimum Gasteiger partial charge on any atom is -0.348 e. The molecule has 0 radical (unpaired) electrons. The molecule has 0 aliphatic rings. The molecule has 0 saturated carbocycles. The van der Waals surface area contributed by atoms with Crippen molar-refractivity contribution >= 4 is 11.6 Å². The third kappa shape index (κ3) is 5.35. The second kappa shape index (κ2) is 10.1. The molecule has 4 rings (SSSR count). The van der Waals surface area contributed by atoms with Gasteiger partial charge >= 0.3 is 0 Å². The zero-order chi connectivity index (χ0) is 24.1. The normalized spacial score (nSPS) is 11.7. The minimum atomic E-state index is -0.501. The quantitative estimate of drug-likeness (QED) is 0.285. The first kappa shape index (κ1) is 22.8. The first-order chi connectivity index (χ1) is 16.4. The van der Waals surface area contributed by atoms with E-state index in [0.717, 1.165) is 12.8 Å². The average molecular weight is 458 g/mol. The van der Waals surface area contributed by atoms with E-state index < -0.39 is 4.92 Å². The summed E-state index contributed by atoms with van der Waals surface area (Å²) in [5, 5.41) is 18.8. The summed E-state index contributed by atoms with van der Waals surface area (Å²) in [4.78, 5) is 24.0. The molecule has 0 spiro atoms. The molecule has 0 fully saturated rings. The third-order valence-electron chi connectivity index (χ3n) is 5.45. The lowest BCUT2D eigenvalue weighted by atomic mass is 10.1. The van der Waals surface area contributed by atoms with Crippen molar-refractivity contribution in [2.24, 2.45) is 0 Å². The predicted molar refractivity (Wildman–Crippen MR) is 127 cm³/mol. The van der Waals surface area contributed by atoms with Crippen molar-refractivity contribution in [2.75, 3.05) is 0 Å². The predicted octanol–water partition coefficient (Wildman–Crippen LogP) is 5.34. The molecule has 1 atom stereocenters. The maximum atomic E-state index is 13.4. The highest BCUT2D eigenvalue weighted by molar-refractivity contribution is 5.94. The first-order valence-corrected chi connectivity index (χ1v) is 10.9. The van der Waals surface area contributed by atoms with Crippen molar-refractivity contribution in [2.45, 2.75) is 25.8 Å². The number of benzene rings is 3. The van der Waals surface area contributed by atoms with Gasteiger partial charge in [0.25, 0.3) is 11.6 Å². The molecule has 7 nitrogen and oxygen atoms in total. The maximum absolute atomic E-state index is 13.4. The maximum Gasteiger partial charge on any atom is 0.271 e. The smallest absolute Gasteiger partial charge is 0.271 e. The van der Waals surface area contributed by atoms with E-state index in [4.69, 9.17) is 0 Å². The van der Waals surface area contributed by atoms with Crippen molar-refractivity contribution in [1.82, 2.24) is 15.1 Å². The zero-order valence-corrected chi connectivity index (χ0v) is 18.5. The molecule has 1 N–H and O–H groups in total. The first-order valence-electron chi connectivity index (χ1n) is 10.9. The van der Waals surface area contributed by atoms with Gasteiger partial charge in [-0.3, -0.25) is 14.9 Å². The minimum absolute atomic E-state index is 0.112. The Balaban J connectivity index is 1.62. The summed E-state index contributed by atoms with van der Waals surface area (Å²) in [5.41, 5.74) is 2.75. The lowest BCUT2D eigenvalue weighted by Gasteiger charge is -2.14. The molecule has 0 aliphatic carbocycles. The summed E-state index contributed by atoms with van der Waals surface area (Å²) in [6, 6.07) is 23.2. The number of nitro groups is 1. The van der Waals surface area contributed by atoms with Gasteiger partial charge in [-0.2, -0.15) is 5.10 Å². The number of aromatic nitrogens is 2. The number of non-ortho nitro benzene ring substituents is 1. The van der Waals surface area contributed by atoms with E-state index in [9.17, 15) is 19.3 Å². The van der Waals surface area contributed by atoms with Crippen molar-refractivity contribution in [3.63, 3.8) is 0 Å². The van der Waals surface area contributed by atoms with Crippen LogP contribution < -0.4 is 5.32 Å². The number of amides is 1. The van der Waals surface area contributed by atoms with Gasteiger partial charge in [-0.15, -0.1) is 0 Å². The lowest BCUT2D eigenvalue weighted by molar-refractivity contribution is -0.384. The molecule has 1 unspecified atom stereocenters. The Morgan fingerprint density at radius 1 is 1.06 bits per heavy atom. The Bertz CT molecular complexity index is 1300. The number of carbonyl (C=O) groups is 1. The standard InChI is InChI=1S/C26H23FN4O3/c1-18(10-11-19-6-3-2-4-7-19)28-26(32)25-17-24(20-12-14-21(27)15-13-20)29-30(25)22-8-5-9-23(16-22)31(33)34/h2-9,12-18H,10-11H2,1H3,(H,28,32). The summed E-state index contributed by atoms with van der Waals surface area (Å²) in [5.74, 6) is -0.736. The topological polar surface area (TPSA) is 90.1 Å². The highest BCUT2D eigenvalue weighted by Gasteiger charge is 2.20. The van der Waals surface area contributed by atoms with Gasteiger partial charge in [-0.05, 0) is 61.7 Å².